The van der Waals surface area contributed by atoms with Gasteiger partial charge in [-0.2, -0.15) is 0 Å². The van der Waals surface area contributed by atoms with Gasteiger partial charge in [-0.15, -0.1) is 0 Å². The third kappa shape index (κ3) is 2.05. The topological polar surface area (TPSA) is 64.2 Å². The van der Waals surface area contributed by atoms with Crippen LogP contribution in [0.2, 0.25) is 0 Å². The number of rotatable bonds is 2. The molecule has 19 heavy (non-hydrogen) atoms. The van der Waals surface area contributed by atoms with E-state index in [4.69, 9.17) is 5.73 Å². The monoisotopic (exact) mass is 258 g/mol. The van der Waals surface area contributed by atoms with Crippen molar-refractivity contribution in [3.63, 3.8) is 0 Å². The number of para-hydroxylation sites is 2. The van der Waals surface area contributed by atoms with Crippen LogP contribution in [0.4, 0.5) is 5.95 Å². The van der Waals surface area contributed by atoms with E-state index in [1.54, 1.807) is 0 Å². The molecule has 1 fully saturated rings. The second-order valence-electron chi connectivity index (χ2n) is 5.15. The number of nitrogens with zero attached hydrogens (tertiary/aromatic N) is 3. The first-order chi connectivity index (χ1) is 9.16. The molecule has 1 aromatic carbocycles. The Bertz CT molecular complexity index is 619. The molecule has 0 spiro atoms. The Kier molecular flexibility index (Phi) is 2.89. The van der Waals surface area contributed by atoms with Gasteiger partial charge >= 0.3 is 0 Å². The molecule has 1 unspecified atom stereocenters. The molecule has 1 atom stereocenters. The van der Waals surface area contributed by atoms with Crippen molar-refractivity contribution in [2.45, 2.75) is 12.8 Å². The standard InChI is InChI=1S/C14H18N4O/c1-17-12-7-3-2-6-11(12)16-14(17)18-8-4-5-10(9-18)13(15)19/h2-3,6-7,10H,4-5,8-9H2,1H3,(H2,15,19). The summed E-state index contributed by atoms with van der Waals surface area (Å²) < 4.78 is 2.08. The minimum Gasteiger partial charge on any atom is -0.369 e. The lowest BCUT2D eigenvalue weighted by molar-refractivity contribution is -0.122. The van der Waals surface area contributed by atoms with Crippen LogP contribution < -0.4 is 10.6 Å². The zero-order chi connectivity index (χ0) is 13.4. The van der Waals surface area contributed by atoms with Gasteiger partial charge in [0.2, 0.25) is 11.9 Å². The van der Waals surface area contributed by atoms with Crippen molar-refractivity contribution in [1.82, 2.24) is 9.55 Å². The third-order valence-corrected chi connectivity index (χ3v) is 3.87. The Balaban J connectivity index is 1.95. The Morgan fingerprint density at radius 1 is 1.42 bits per heavy atom. The lowest BCUT2D eigenvalue weighted by Crippen LogP contribution is -2.42. The number of hydrogen-bond acceptors (Lipinski definition) is 3. The molecule has 0 saturated carbocycles. The fraction of sp³-hybridized carbons (Fsp3) is 0.429. The van der Waals surface area contributed by atoms with Gasteiger partial charge in [-0.3, -0.25) is 4.79 Å². The molecule has 5 heteroatoms. The first-order valence-electron chi connectivity index (χ1n) is 6.62. The van der Waals surface area contributed by atoms with E-state index < -0.39 is 0 Å². The molecule has 1 aromatic heterocycles. The molecule has 0 bridgehead atoms. The first-order valence-corrected chi connectivity index (χ1v) is 6.62. The van der Waals surface area contributed by atoms with Gasteiger partial charge in [0.15, 0.2) is 0 Å². The Morgan fingerprint density at radius 2 is 2.21 bits per heavy atom. The Hall–Kier alpha value is -2.04. The highest BCUT2D eigenvalue weighted by Gasteiger charge is 2.26. The molecule has 2 heterocycles. The number of amides is 1. The largest absolute Gasteiger partial charge is 0.369 e. The summed E-state index contributed by atoms with van der Waals surface area (Å²) in [5, 5.41) is 0. The number of imidazole rings is 1. The quantitative estimate of drug-likeness (QED) is 0.882. The van der Waals surface area contributed by atoms with Crippen molar-refractivity contribution in [3.05, 3.63) is 24.3 Å². The number of primary amides is 1. The zero-order valence-corrected chi connectivity index (χ0v) is 11.0. The average Bonchev–Trinajstić information content (AvgIpc) is 2.77. The molecular formula is C14H18N4O. The summed E-state index contributed by atoms with van der Waals surface area (Å²) in [5.74, 6) is 0.657. The van der Waals surface area contributed by atoms with Gasteiger partial charge in [-0.1, -0.05) is 12.1 Å². The summed E-state index contributed by atoms with van der Waals surface area (Å²) in [6.45, 7) is 1.60. The number of hydrogen-bond donors (Lipinski definition) is 1. The maximum absolute atomic E-state index is 11.4. The van der Waals surface area contributed by atoms with Gasteiger partial charge in [0.25, 0.3) is 0 Å². The number of aromatic nitrogens is 2. The zero-order valence-electron chi connectivity index (χ0n) is 11.0. The number of carbonyl (C=O) groups excluding carboxylic acids is 1. The highest BCUT2D eigenvalue weighted by atomic mass is 16.1. The number of fused-ring (bicyclic) bond motifs is 1. The molecule has 0 radical (unpaired) electrons. The minimum absolute atomic E-state index is 0.0615. The summed E-state index contributed by atoms with van der Waals surface area (Å²) in [5.41, 5.74) is 7.52. The summed E-state index contributed by atoms with van der Waals surface area (Å²) in [4.78, 5) is 18.2. The van der Waals surface area contributed by atoms with Crippen molar-refractivity contribution >= 4 is 22.9 Å². The second kappa shape index (κ2) is 4.57. The smallest absolute Gasteiger partial charge is 0.222 e. The number of benzene rings is 1. The van der Waals surface area contributed by atoms with Gasteiger partial charge in [-0.05, 0) is 25.0 Å². The molecular weight excluding hydrogens is 240 g/mol. The summed E-state index contributed by atoms with van der Waals surface area (Å²) in [6, 6.07) is 8.06. The van der Waals surface area contributed by atoms with Gasteiger partial charge in [-0.25, -0.2) is 4.98 Å². The van der Waals surface area contributed by atoms with Crippen LogP contribution in [-0.2, 0) is 11.8 Å². The van der Waals surface area contributed by atoms with E-state index in [0.717, 1.165) is 36.4 Å². The van der Waals surface area contributed by atoms with Crippen LogP contribution in [0.3, 0.4) is 0 Å². The normalized spacial score (nSPS) is 19.8. The molecule has 0 aliphatic carbocycles. The van der Waals surface area contributed by atoms with Crippen LogP contribution in [0.15, 0.2) is 24.3 Å². The van der Waals surface area contributed by atoms with Crippen LogP contribution in [0.5, 0.6) is 0 Å². The van der Waals surface area contributed by atoms with Crippen LogP contribution >= 0.6 is 0 Å². The highest BCUT2D eigenvalue weighted by Crippen LogP contribution is 2.25. The third-order valence-electron chi connectivity index (χ3n) is 3.87. The Labute approximate surface area is 112 Å². The SMILES string of the molecule is Cn1c(N2CCCC(C(N)=O)C2)nc2ccccc21. The lowest BCUT2D eigenvalue weighted by atomic mass is 9.98. The Morgan fingerprint density at radius 3 is 2.95 bits per heavy atom. The van der Waals surface area contributed by atoms with E-state index in [2.05, 4.69) is 20.5 Å². The van der Waals surface area contributed by atoms with Crippen molar-refractivity contribution in [2.75, 3.05) is 18.0 Å². The van der Waals surface area contributed by atoms with Gasteiger partial charge in [0.05, 0.1) is 17.0 Å². The molecule has 1 aliphatic rings. The molecule has 100 valence electrons. The lowest BCUT2D eigenvalue weighted by Gasteiger charge is -2.31. The van der Waals surface area contributed by atoms with Gasteiger partial charge in [0, 0.05) is 20.1 Å². The molecule has 2 aromatic rings. The molecule has 5 nitrogen and oxygen atoms in total. The molecule has 2 N–H and O–H groups in total. The second-order valence-corrected chi connectivity index (χ2v) is 5.15. The minimum atomic E-state index is -0.205. The van der Waals surface area contributed by atoms with Crippen LogP contribution in [-0.4, -0.2) is 28.5 Å². The number of piperidine rings is 1. The number of nitrogens with two attached hydrogens (primary N) is 1. The number of anilines is 1. The number of carbonyl (C=O) groups is 1. The fourth-order valence-electron chi connectivity index (χ4n) is 2.81. The van der Waals surface area contributed by atoms with Crippen molar-refractivity contribution in [3.8, 4) is 0 Å². The maximum atomic E-state index is 11.4. The van der Waals surface area contributed by atoms with Crippen molar-refractivity contribution in [2.24, 2.45) is 18.7 Å². The summed E-state index contributed by atoms with van der Waals surface area (Å²) in [6.07, 6.45) is 1.87. The van der Waals surface area contributed by atoms with Crippen molar-refractivity contribution < 1.29 is 4.79 Å². The predicted octanol–water partition coefficient (Wildman–Crippen LogP) is 1.27. The number of aryl methyl sites for hydroxylation is 1. The predicted molar refractivity (Wildman–Crippen MR) is 74.8 cm³/mol. The van der Waals surface area contributed by atoms with E-state index >= 15 is 0 Å². The van der Waals surface area contributed by atoms with Crippen molar-refractivity contribution in [1.29, 1.82) is 0 Å². The van der Waals surface area contributed by atoms with Crippen LogP contribution in [0.25, 0.3) is 11.0 Å². The van der Waals surface area contributed by atoms with E-state index in [0.29, 0.717) is 6.54 Å². The van der Waals surface area contributed by atoms with Gasteiger partial charge < -0.3 is 15.2 Å². The average molecular weight is 258 g/mol. The fourth-order valence-corrected chi connectivity index (χ4v) is 2.81. The maximum Gasteiger partial charge on any atom is 0.222 e. The van der Waals surface area contributed by atoms with Crippen LogP contribution in [0, 0.1) is 5.92 Å². The molecule has 3 rings (SSSR count). The summed E-state index contributed by atoms with van der Waals surface area (Å²) >= 11 is 0. The first kappa shape index (κ1) is 12.0. The highest BCUT2D eigenvalue weighted by molar-refractivity contribution is 5.80. The molecule has 1 saturated heterocycles. The van der Waals surface area contributed by atoms with E-state index in [1.807, 2.05) is 25.2 Å². The van der Waals surface area contributed by atoms with Gasteiger partial charge in [0.1, 0.15) is 0 Å². The summed E-state index contributed by atoms with van der Waals surface area (Å²) in [7, 11) is 2.01. The van der Waals surface area contributed by atoms with Crippen LogP contribution in [0.1, 0.15) is 12.8 Å². The molecule has 1 aliphatic heterocycles. The van der Waals surface area contributed by atoms with E-state index in [9.17, 15) is 4.79 Å². The molecule has 1 amide bonds. The van der Waals surface area contributed by atoms with E-state index in [-0.39, 0.29) is 11.8 Å². The van der Waals surface area contributed by atoms with E-state index in [1.165, 1.54) is 0 Å².